The lowest BCUT2D eigenvalue weighted by atomic mass is 9.99. The minimum Gasteiger partial charge on any atom is -0.350 e. The van der Waals surface area contributed by atoms with Gasteiger partial charge in [-0.15, -0.1) is 0 Å². The molecule has 1 N–H and O–H groups in total. The van der Waals surface area contributed by atoms with Gasteiger partial charge in [0, 0.05) is 38.6 Å². The molecule has 0 bridgehead atoms. The summed E-state index contributed by atoms with van der Waals surface area (Å²) in [5.74, 6) is -0.526. The lowest BCUT2D eigenvalue weighted by Gasteiger charge is -2.34. The highest BCUT2D eigenvalue weighted by Gasteiger charge is 2.32. The summed E-state index contributed by atoms with van der Waals surface area (Å²) in [5, 5.41) is 4.81. The van der Waals surface area contributed by atoms with Crippen LogP contribution < -0.4 is 5.32 Å². The van der Waals surface area contributed by atoms with Crippen molar-refractivity contribution in [3.05, 3.63) is 104 Å². The second kappa shape index (κ2) is 12.3. The molecule has 190 valence electrons. The van der Waals surface area contributed by atoms with Crippen molar-refractivity contribution in [1.82, 2.24) is 10.2 Å². The summed E-state index contributed by atoms with van der Waals surface area (Å²) in [7, 11) is 0. The van der Waals surface area contributed by atoms with Gasteiger partial charge in [-0.25, -0.2) is 0 Å². The Kier molecular flexibility index (Phi) is 9.71. The zero-order chi connectivity index (χ0) is 26.5. The number of rotatable bonds is 8. The minimum absolute atomic E-state index is 0.00466. The molecule has 3 rings (SSSR count). The number of carbonyl (C=O) groups is 2. The Hall–Kier alpha value is -2.24. The van der Waals surface area contributed by atoms with Crippen molar-refractivity contribution in [3.63, 3.8) is 0 Å². The first-order valence-electron chi connectivity index (χ1n) is 11.5. The lowest BCUT2D eigenvalue weighted by molar-refractivity contribution is -0.141. The molecule has 2 amide bonds. The Balaban J connectivity index is 2.04. The predicted molar refractivity (Wildman–Crippen MR) is 149 cm³/mol. The van der Waals surface area contributed by atoms with E-state index >= 15 is 0 Å². The fourth-order valence-electron chi connectivity index (χ4n) is 3.77. The van der Waals surface area contributed by atoms with Gasteiger partial charge in [-0.1, -0.05) is 88.9 Å². The maximum atomic E-state index is 13.8. The standard InChI is InChI=1S/C28H28Cl4N2O2/c1-28(2,3)33-27(36)25(13-18-7-5-4-6-8-18)34(17-20-10-12-22(30)16-24(20)32)26(35)14-19-9-11-21(29)15-23(19)31/h4-12,15-16,25H,13-14,17H2,1-3H3,(H,33,36)/t25-/m1/s1. The molecule has 0 spiro atoms. The molecular weight excluding hydrogens is 538 g/mol. The van der Waals surface area contributed by atoms with Crippen molar-refractivity contribution >= 4 is 58.2 Å². The van der Waals surface area contributed by atoms with E-state index in [0.29, 0.717) is 37.6 Å². The van der Waals surface area contributed by atoms with Crippen LogP contribution in [0.5, 0.6) is 0 Å². The molecule has 0 heterocycles. The summed E-state index contributed by atoms with van der Waals surface area (Å²) < 4.78 is 0. The molecule has 0 saturated carbocycles. The van der Waals surface area contributed by atoms with Gasteiger partial charge >= 0.3 is 0 Å². The van der Waals surface area contributed by atoms with Crippen LogP contribution in [-0.4, -0.2) is 28.3 Å². The number of carbonyl (C=O) groups excluding carboxylic acids is 2. The largest absolute Gasteiger partial charge is 0.350 e. The summed E-state index contributed by atoms with van der Waals surface area (Å²) >= 11 is 25.0. The second-order valence-corrected chi connectivity index (χ2v) is 11.3. The van der Waals surface area contributed by atoms with Crippen LogP contribution in [0.1, 0.15) is 37.5 Å². The van der Waals surface area contributed by atoms with Crippen LogP contribution in [0, 0.1) is 0 Å². The van der Waals surface area contributed by atoms with Crippen molar-refractivity contribution in [2.24, 2.45) is 0 Å². The molecule has 0 radical (unpaired) electrons. The van der Waals surface area contributed by atoms with Crippen molar-refractivity contribution < 1.29 is 9.59 Å². The fourth-order valence-corrected chi connectivity index (χ4v) is 4.71. The number of nitrogens with one attached hydrogen (secondary N) is 1. The average molecular weight is 566 g/mol. The number of halogens is 4. The van der Waals surface area contributed by atoms with Crippen molar-refractivity contribution in [2.75, 3.05) is 0 Å². The first-order chi connectivity index (χ1) is 16.9. The van der Waals surface area contributed by atoms with Gasteiger partial charge in [0.15, 0.2) is 0 Å². The van der Waals surface area contributed by atoms with E-state index < -0.39 is 11.6 Å². The van der Waals surface area contributed by atoms with Gasteiger partial charge < -0.3 is 10.2 Å². The average Bonchev–Trinajstić information content (AvgIpc) is 2.78. The van der Waals surface area contributed by atoms with Crippen LogP contribution in [0.25, 0.3) is 0 Å². The van der Waals surface area contributed by atoms with E-state index in [4.69, 9.17) is 46.4 Å². The van der Waals surface area contributed by atoms with Crippen LogP contribution in [0.4, 0.5) is 0 Å². The number of hydrogen-bond donors (Lipinski definition) is 1. The molecule has 0 saturated heterocycles. The molecule has 3 aromatic rings. The summed E-state index contributed by atoms with van der Waals surface area (Å²) in [6.45, 7) is 5.83. The highest BCUT2D eigenvalue weighted by Crippen LogP contribution is 2.26. The van der Waals surface area contributed by atoms with Gasteiger partial charge in [0.1, 0.15) is 6.04 Å². The van der Waals surface area contributed by atoms with Crippen molar-refractivity contribution in [2.45, 2.75) is 51.7 Å². The quantitative estimate of drug-likeness (QED) is 0.309. The van der Waals surface area contributed by atoms with Crippen LogP contribution in [0.15, 0.2) is 66.7 Å². The fraction of sp³-hybridized carbons (Fsp3) is 0.286. The van der Waals surface area contributed by atoms with E-state index in [1.165, 1.54) is 0 Å². The molecule has 1 atom stereocenters. The Morgan fingerprint density at radius 2 is 1.39 bits per heavy atom. The number of amides is 2. The molecular formula is C28H28Cl4N2O2. The molecule has 8 heteroatoms. The highest BCUT2D eigenvalue weighted by atomic mass is 35.5. The van der Waals surface area contributed by atoms with Crippen LogP contribution in [-0.2, 0) is 29.0 Å². The predicted octanol–water partition coefficient (Wildman–Crippen LogP) is 7.40. The molecule has 4 nitrogen and oxygen atoms in total. The molecule has 0 aliphatic heterocycles. The van der Waals surface area contributed by atoms with E-state index in [-0.39, 0.29) is 24.8 Å². The van der Waals surface area contributed by atoms with Crippen molar-refractivity contribution in [3.8, 4) is 0 Å². The number of benzene rings is 3. The zero-order valence-corrected chi connectivity index (χ0v) is 23.3. The van der Waals surface area contributed by atoms with Gasteiger partial charge in [0.25, 0.3) is 0 Å². The van der Waals surface area contributed by atoms with E-state index in [9.17, 15) is 9.59 Å². The first kappa shape index (κ1) is 28.3. The van der Waals surface area contributed by atoms with Crippen LogP contribution in [0.3, 0.4) is 0 Å². The minimum atomic E-state index is -0.794. The molecule has 3 aromatic carbocycles. The van der Waals surface area contributed by atoms with Gasteiger partial charge in [-0.3, -0.25) is 9.59 Å². The Morgan fingerprint density at radius 1 is 0.833 bits per heavy atom. The molecule has 36 heavy (non-hydrogen) atoms. The monoisotopic (exact) mass is 564 g/mol. The topological polar surface area (TPSA) is 49.4 Å². The van der Waals surface area contributed by atoms with Crippen LogP contribution in [0.2, 0.25) is 20.1 Å². The highest BCUT2D eigenvalue weighted by molar-refractivity contribution is 6.35. The number of hydrogen-bond acceptors (Lipinski definition) is 2. The van der Waals surface area contributed by atoms with Crippen LogP contribution >= 0.6 is 46.4 Å². The maximum Gasteiger partial charge on any atom is 0.243 e. The molecule has 0 unspecified atom stereocenters. The normalized spacial score (nSPS) is 12.2. The van der Waals surface area contributed by atoms with E-state index in [0.717, 1.165) is 5.56 Å². The van der Waals surface area contributed by atoms with Gasteiger partial charge in [-0.05, 0) is 61.7 Å². The third-order valence-corrected chi connectivity index (χ3v) is 6.66. The Bertz CT molecular complexity index is 1230. The summed E-state index contributed by atoms with van der Waals surface area (Å²) in [6, 6.07) is 18.9. The third-order valence-electron chi connectivity index (χ3n) is 5.48. The van der Waals surface area contributed by atoms with E-state index in [1.54, 1.807) is 41.3 Å². The molecule has 0 fully saturated rings. The SMILES string of the molecule is CC(C)(C)NC(=O)[C@@H](Cc1ccccc1)N(Cc1ccc(Cl)cc1Cl)C(=O)Cc1ccc(Cl)cc1Cl. The Morgan fingerprint density at radius 3 is 1.92 bits per heavy atom. The van der Waals surface area contributed by atoms with Gasteiger partial charge in [-0.2, -0.15) is 0 Å². The molecule has 0 aromatic heterocycles. The zero-order valence-electron chi connectivity index (χ0n) is 20.3. The summed E-state index contributed by atoms with van der Waals surface area (Å²) in [5.41, 5.74) is 1.74. The molecule has 0 aliphatic carbocycles. The van der Waals surface area contributed by atoms with E-state index in [1.807, 2.05) is 51.1 Å². The lowest BCUT2D eigenvalue weighted by Crippen LogP contribution is -2.54. The molecule has 0 aliphatic rings. The third kappa shape index (κ3) is 8.14. The van der Waals surface area contributed by atoms with Crippen molar-refractivity contribution in [1.29, 1.82) is 0 Å². The summed E-state index contributed by atoms with van der Waals surface area (Å²) in [4.78, 5) is 29.0. The Labute approximate surface area is 232 Å². The first-order valence-corrected chi connectivity index (χ1v) is 13.0. The van der Waals surface area contributed by atoms with Gasteiger partial charge in [0.05, 0.1) is 6.42 Å². The second-order valence-electron chi connectivity index (χ2n) is 9.61. The smallest absolute Gasteiger partial charge is 0.243 e. The van der Waals surface area contributed by atoms with Gasteiger partial charge in [0.2, 0.25) is 11.8 Å². The summed E-state index contributed by atoms with van der Waals surface area (Å²) in [6.07, 6.45) is 0.323. The van der Waals surface area contributed by atoms with E-state index in [2.05, 4.69) is 5.32 Å². The number of nitrogens with zero attached hydrogens (tertiary/aromatic N) is 1. The maximum absolute atomic E-state index is 13.8.